The molecule has 1 aromatic rings. The van der Waals surface area contributed by atoms with E-state index in [0.717, 1.165) is 52.0 Å². The molecule has 0 saturated carbocycles. The van der Waals surface area contributed by atoms with Gasteiger partial charge in [0.05, 0.1) is 0 Å². The van der Waals surface area contributed by atoms with Gasteiger partial charge in [0.2, 0.25) is 11.8 Å². The molecule has 2 saturated heterocycles. The first-order valence-electron chi connectivity index (χ1n) is 9.85. The molecule has 1 atom stereocenters. The summed E-state index contributed by atoms with van der Waals surface area (Å²) in [6.07, 6.45) is 3.74. The number of likely N-dealkylation sites (N-methyl/N-ethyl adjacent to an activating group) is 1. The van der Waals surface area contributed by atoms with E-state index in [-0.39, 0.29) is 17.4 Å². The van der Waals surface area contributed by atoms with Crippen LogP contribution in [0.4, 0.5) is 0 Å². The molecule has 2 fully saturated rings. The number of likely N-dealkylation sites (tertiary alicyclic amines) is 1. The minimum Gasteiger partial charge on any atom is -0.343 e. The van der Waals surface area contributed by atoms with Crippen molar-refractivity contribution in [3.8, 4) is 0 Å². The Bertz CT molecular complexity index is 633. The summed E-state index contributed by atoms with van der Waals surface area (Å²) in [5.74, 6) is 0.495. The fourth-order valence-electron chi connectivity index (χ4n) is 4.29. The molecule has 1 spiro atoms. The van der Waals surface area contributed by atoms with Crippen molar-refractivity contribution in [1.82, 2.24) is 14.7 Å². The Labute approximate surface area is 156 Å². The van der Waals surface area contributed by atoms with Crippen LogP contribution in [-0.2, 0) is 16.0 Å². The topological polar surface area (TPSA) is 43.9 Å². The Balaban J connectivity index is 1.63. The summed E-state index contributed by atoms with van der Waals surface area (Å²) >= 11 is 0. The van der Waals surface area contributed by atoms with Crippen LogP contribution in [0.1, 0.15) is 38.2 Å². The highest BCUT2D eigenvalue weighted by molar-refractivity contribution is 5.77. The highest BCUT2D eigenvalue weighted by atomic mass is 16.2. The molecule has 0 aliphatic carbocycles. The quantitative estimate of drug-likeness (QED) is 0.829. The van der Waals surface area contributed by atoms with Crippen molar-refractivity contribution in [3.63, 3.8) is 0 Å². The maximum atomic E-state index is 12.8. The SMILES string of the molecule is CCN1CC[C@]2(CCC1=O)CN(C(=O)CCc1ccccc1)CCN2C. The molecular weight excluding hydrogens is 326 g/mol. The first-order valence-corrected chi connectivity index (χ1v) is 9.85. The minimum atomic E-state index is -0.0553. The van der Waals surface area contributed by atoms with E-state index in [0.29, 0.717) is 12.8 Å². The molecule has 0 aromatic heterocycles. The summed E-state index contributed by atoms with van der Waals surface area (Å²) < 4.78 is 0. The van der Waals surface area contributed by atoms with Crippen LogP contribution in [0.2, 0.25) is 0 Å². The Morgan fingerprint density at radius 2 is 1.88 bits per heavy atom. The predicted octanol–water partition coefficient (Wildman–Crippen LogP) is 2.16. The summed E-state index contributed by atoms with van der Waals surface area (Å²) in [4.78, 5) is 31.5. The number of rotatable bonds is 4. The molecule has 2 aliphatic heterocycles. The molecule has 2 aliphatic rings. The van der Waals surface area contributed by atoms with E-state index >= 15 is 0 Å². The molecule has 1 aromatic carbocycles. The first kappa shape index (κ1) is 18.9. The Hall–Kier alpha value is -1.88. The second-order valence-corrected chi connectivity index (χ2v) is 7.67. The van der Waals surface area contributed by atoms with E-state index in [4.69, 9.17) is 0 Å². The smallest absolute Gasteiger partial charge is 0.223 e. The largest absolute Gasteiger partial charge is 0.343 e. The summed E-state index contributed by atoms with van der Waals surface area (Å²) in [7, 11) is 2.15. The molecule has 2 heterocycles. The summed E-state index contributed by atoms with van der Waals surface area (Å²) in [5, 5.41) is 0. The molecule has 5 nitrogen and oxygen atoms in total. The molecule has 2 amide bonds. The maximum absolute atomic E-state index is 12.8. The van der Waals surface area contributed by atoms with E-state index in [1.807, 2.05) is 34.9 Å². The summed E-state index contributed by atoms with van der Waals surface area (Å²) in [6.45, 7) is 6.04. The van der Waals surface area contributed by atoms with Gasteiger partial charge >= 0.3 is 0 Å². The van der Waals surface area contributed by atoms with E-state index in [1.165, 1.54) is 5.56 Å². The van der Waals surface area contributed by atoms with Gasteiger partial charge in [-0.15, -0.1) is 0 Å². The third-order valence-electron chi connectivity index (χ3n) is 6.21. The lowest BCUT2D eigenvalue weighted by Gasteiger charge is -2.49. The zero-order valence-corrected chi connectivity index (χ0v) is 16.1. The van der Waals surface area contributed by atoms with Gasteiger partial charge in [-0.1, -0.05) is 30.3 Å². The minimum absolute atomic E-state index is 0.0553. The fraction of sp³-hybridized carbons (Fsp3) is 0.619. The number of hydrogen-bond donors (Lipinski definition) is 0. The van der Waals surface area contributed by atoms with Crippen molar-refractivity contribution in [2.75, 3.05) is 39.8 Å². The lowest BCUT2D eigenvalue weighted by Crippen LogP contribution is -2.62. The van der Waals surface area contributed by atoms with E-state index in [1.54, 1.807) is 0 Å². The highest BCUT2D eigenvalue weighted by Gasteiger charge is 2.43. The molecule has 0 N–H and O–H groups in total. The highest BCUT2D eigenvalue weighted by Crippen LogP contribution is 2.32. The number of carbonyl (C=O) groups is 2. The molecule has 5 heteroatoms. The van der Waals surface area contributed by atoms with Gasteiger partial charge in [0, 0.05) is 51.1 Å². The third-order valence-corrected chi connectivity index (χ3v) is 6.21. The zero-order valence-electron chi connectivity index (χ0n) is 16.1. The molecule has 0 radical (unpaired) electrons. The lowest BCUT2D eigenvalue weighted by molar-refractivity contribution is -0.136. The third kappa shape index (κ3) is 4.09. The van der Waals surface area contributed by atoms with Gasteiger partial charge in [0.15, 0.2) is 0 Å². The van der Waals surface area contributed by atoms with Gasteiger partial charge in [0.25, 0.3) is 0 Å². The molecule has 0 bridgehead atoms. The van der Waals surface area contributed by atoms with Gasteiger partial charge in [0.1, 0.15) is 0 Å². The van der Waals surface area contributed by atoms with Crippen LogP contribution in [0, 0.1) is 0 Å². The van der Waals surface area contributed by atoms with E-state index in [9.17, 15) is 9.59 Å². The second kappa shape index (κ2) is 8.21. The van der Waals surface area contributed by atoms with Crippen LogP contribution < -0.4 is 0 Å². The number of hydrogen-bond acceptors (Lipinski definition) is 3. The van der Waals surface area contributed by atoms with Gasteiger partial charge in [-0.3, -0.25) is 14.5 Å². The average Bonchev–Trinajstić information content (AvgIpc) is 2.82. The van der Waals surface area contributed by atoms with Crippen molar-refractivity contribution >= 4 is 11.8 Å². The molecular formula is C21H31N3O2. The van der Waals surface area contributed by atoms with Crippen molar-refractivity contribution in [2.24, 2.45) is 0 Å². The average molecular weight is 357 g/mol. The molecule has 0 unspecified atom stereocenters. The summed E-state index contributed by atoms with van der Waals surface area (Å²) in [5.41, 5.74) is 1.16. The number of nitrogens with zero attached hydrogens (tertiary/aromatic N) is 3. The van der Waals surface area contributed by atoms with Crippen LogP contribution in [-0.4, -0.2) is 71.8 Å². The number of aryl methyl sites for hydroxylation is 1. The fourth-order valence-corrected chi connectivity index (χ4v) is 4.29. The van der Waals surface area contributed by atoms with Gasteiger partial charge in [-0.05, 0) is 38.8 Å². The number of amides is 2. The standard InChI is InChI=1S/C21H31N3O2/c1-3-23-14-13-21(12-11-20(23)26)17-24(16-15-22(21)2)19(25)10-9-18-7-5-4-6-8-18/h4-8H,3,9-17H2,1-2H3/t21-/m1/s1. The maximum Gasteiger partial charge on any atom is 0.223 e. The van der Waals surface area contributed by atoms with Crippen molar-refractivity contribution in [2.45, 2.75) is 44.6 Å². The Morgan fingerprint density at radius 1 is 1.12 bits per heavy atom. The van der Waals surface area contributed by atoms with Crippen molar-refractivity contribution in [3.05, 3.63) is 35.9 Å². The van der Waals surface area contributed by atoms with Gasteiger partial charge < -0.3 is 9.80 Å². The number of piperazine rings is 1. The molecule has 26 heavy (non-hydrogen) atoms. The van der Waals surface area contributed by atoms with Crippen LogP contribution in [0.5, 0.6) is 0 Å². The predicted molar refractivity (Wildman–Crippen MR) is 103 cm³/mol. The van der Waals surface area contributed by atoms with Crippen LogP contribution in [0.3, 0.4) is 0 Å². The van der Waals surface area contributed by atoms with Gasteiger partial charge in [-0.25, -0.2) is 0 Å². The molecule has 3 rings (SSSR count). The first-order chi connectivity index (χ1) is 12.5. The van der Waals surface area contributed by atoms with E-state index < -0.39 is 0 Å². The lowest BCUT2D eigenvalue weighted by atomic mass is 9.86. The second-order valence-electron chi connectivity index (χ2n) is 7.67. The Kier molecular flexibility index (Phi) is 5.97. The Morgan fingerprint density at radius 3 is 2.62 bits per heavy atom. The van der Waals surface area contributed by atoms with Crippen molar-refractivity contribution in [1.29, 1.82) is 0 Å². The summed E-state index contributed by atoms with van der Waals surface area (Å²) in [6, 6.07) is 10.2. The molecule has 142 valence electrons. The zero-order chi connectivity index (χ0) is 18.6. The van der Waals surface area contributed by atoms with Gasteiger partial charge in [-0.2, -0.15) is 0 Å². The van der Waals surface area contributed by atoms with E-state index in [2.05, 4.69) is 24.1 Å². The van der Waals surface area contributed by atoms with Crippen LogP contribution in [0.25, 0.3) is 0 Å². The number of carbonyl (C=O) groups excluding carboxylic acids is 2. The van der Waals surface area contributed by atoms with Crippen molar-refractivity contribution < 1.29 is 9.59 Å². The van der Waals surface area contributed by atoms with Crippen LogP contribution in [0.15, 0.2) is 30.3 Å². The normalized spacial score (nSPS) is 24.8. The number of benzene rings is 1. The van der Waals surface area contributed by atoms with Crippen LogP contribution >= 0.6 is 0 Å². The monoisotopic (exact) mass is 357 g/mol.